The first-order chi connectivity index (χ1) is 41.3. The van der Waals surface area contributed by atoms with Crippen LogP contribution in [0, 0.1) is 23.2 Å². The standard InChI is InChI=1S/C64H74N6O16/c1-2-42-43(69-33-68-42)27-38-25-34(16-20-46(38)74)17-21-50(76)70-44-28-48(85-64(84)58(81)56(80)54(78)49(32-72)86-64)53(77)55(79)51(44)57-61(63-39(12-7-13-40(63)31-71)19-18-36-11-6-14-47(75)52(36)63)23-22-37(26-41(61)29-62(57,70)59(82)83)45(73)15-8-24-66-60(65)67-30-35-9-4-3-5-10-35/h3-6,9-11,14,16-17,20-23,25,28-29,33,37,39-40,45,49,54,56-58,71-75,77-81,84H,2,7-8,12-13,15,18-19,24,26-27,30-32H2,1H3,(H,68,69)(H,82,83)(H3,65,66,67). The summed E-state index contributed by atoms with van der Waals surface area (Å²) in [4.78, 5) is 44.0. The Hall–Kier alpha value is -7.80. The molecule has 13 unspecified atom stereocenters. The van der Waals surface area contributed by atoms with E-state index < -0.39 is 113 Å². The topological polar surface area (TPSA) is 378 Å². The summed E-state index contributed by atoms with van der Waals surface area (Å²) in [5.74, 6) is -12.4. The van der Waals surface area contributed by atoms with E-state index in [0.29, 0.717) is 80.3 Å². The zero-order valence-electron chi connectivity index (χ0n) is 47.4. The third kappa shape index (κ3) is 9.66. The number of phenols is 4. The van der Waals surface area contributed by atoms with Gasteiger partial charge in [-0.3, -0.25) is 9.69 Å². The highest BCUT2D eigenvalue weighted by Crippen LogP contribution is 2.78. The van der Waals surface area contributed by atoms with E-state index in [1.165, 1.54) is 18.2 Å². The summed E-state index contributed by atoms with van der Waals surface area (Å²) in [7, 11) is 0. The summed E-state index contributed by atoms with van der Waals surface area (Å²) in [6, 6.07) is 20.4. The number of amides is 1. The third-order valence-corrected chi connectivity index (χ3v) is 19.2. The number of aliphatic hydroxyl groups is 7. The van der Waals surface area contributed by atoms with Crippen LogP contribution in [0.3, 0.4) is 0 Å². The van der Waals surface area contributed by atoms with Crippen LogP contribution in [0.25, 0.3) is 6.08 Å². The first kappa shape index (κ1) is 59.9. The third-order valence-electron chi connectivity index (χ3n) is 19.2. The molecular weight excluding hydrogens is 1110 g/mol. The smallest absolute Gasteiger partial charge is 0.355 e. The Kier molecular flexibility index (Phi) is 16.3. The molecule has 1 aromatic heterocycles. The van der Waals surface area contributed by atoms with Crippen molar-refractivity contribution in [3.63, 3.8) is 0 Å². The predicted octanol–water partition coefficient (Wildman–Crippen LogP) is 3.89. The zero-order valence-corrected chi connectivity index (χ0v) is 47.4. The van der Waals surface area contributed by atoms with Gasteiger partial charge in [0.05, 0.1) is 37.0 Å². The number of fused-ring (bicyclic) bond motifs is 9. The number of nitrogens with zero attached hydrogens (tertiary/aromatic N) is 3. The van der Waals surface area contributed by atoms with Crippen molar-refractivity contribution >= 4 is 29.6 Å². The number of hydrogen-bond donors (Lipinski definition) is 15. The van der Waals surface area contributed by atoms with Gasteiger partial charge in [0.2, 0.25) is 5.75 Å². The number of imidazole rings is 1. The van der Waals surface area contributed by atoms with E-state index in [4.69, 9.17) is 15.2 Å². The van der Waals surface area contributed by atoms with Crippen molar-refractivity contribution in [2.45, 2.75) is 131 Å². The maximum Gasteiger partial charge on any atom is 0.355 e. The number of aromatic amines is 1. The molecule has 1 saturated heterocycles. The number of allylic oxidation sites excluding steroid dienone is 2. The maximum atomic E-state index is 15.9. The Labute approximate surface area is 495 Å². The van der Waals surface area contributed by atoms with Gasteiger partial charge in [-0.15, -0.1) is 0 Å². The number of benzene rings is 4. The number of nitrogens with one attached hydrogen (secondary N) is 2. The number of ether oxygens (including phenoxy) is 2. The van der Waals surface area contributed by atoms with E-state index in [1.54, 1.807) is 30.6 Å². The Balaban J connectivity index is 1.08. The van der Waals surface area contributed by atoms with Gasteiger partial charge < -0.3 is 86.8 Å². The lowest BCUT2D eigenvalue weighted by Gasteiger charge is -2.64. The van der Waals surface area contributed by atoms with Crippen molar-refractivity contribution in [3.8, 4) is 28.7 Å². The molecule has 22 nitrogen and oxygen atoms in total. The highest BCUT2D eigenvalue weighted by Gasteiger charge is 2.78. The number of rotatable bonds is 18. The number of carbonyl (C=O) groups excluding carboxylic acids is 1. The number of aryl methyl sites for hydroxylation is 2. The number of aromatic nitrogens is 2. The van der Waals surface area contributed by atoms with E-state index in [1.807, 2.05) is 55.5 Å². The highest BCUT2D eigenvalue weighted by molar-refractivity contribution is 6.14. The van der Waals surface area contributed by atoms with Crippen LogP contribution in [0.5, 0.6) is 28.7 Å². The van der Waals surface area contributed by atoms with E-state index in [0.717, 1.165) is 39.6 Å². The number of nitrogens with two attached hydrogens (primary N) is 1. The summed E-state index contributed by atoms with van der Waals surface area (Å²) in [6.07, 6.45) is 3.92. The predicted molar refractivity (Wildman–Crippen MR) is 313 cm³/mol. The fourth-order valence-electron chi connectivity index (χ4n) is 15.5. The normalized spacial score (nSPS) is 30.4. The van der Waals surface area contributed by atoms with Gasteiger partial charge in [-0.2, -0.15) is 0 Å². The van der Waals surface area contributed by atoms with Crippen molar-refractivity contribution in [2.75, 3.05) is 24.7 Å². The quantitative estimate of drug-likeness (QED) is 0.0112. The van der Waals surface area contributed by atoms with Gasteiger partial charge in [0.1, 0.15) is 29.8 Å². The lowest BCUT2D eigenvalue weighted by molar-refractivity contribution is -0.422. The second kappa shape index (κ2) is 23.5. The molecule has 16 N–H and O–H groups in total. The molecule has 4 aromatic carbocycles. The summed E-state index contributed by atoms with van der Waals surface area (Å²) in [5.41, 5.74) is 4.84. The molecule has 0 spiro atoms. The molecule has 1 saturated carbocycles. The number of guanidine groups is 1. The second-order valence-electron chi connectivity index (χ2n) is 23.6. The van der Waals surface area contributed by atoms with Gasteiger partial charge in [-0.05, 0) is 110 Å². The lowest BCUT2D eigenvalue weighted by atomic mass is 9.38. The van der Waals surface area contributed by atoms with Crippen LogP contribution in [0.1, 0.15) is 103 Å². The van der Waals surface area contributed by atoms with Crippen molar-refractivity contribution in [1.29, 1.82) is 0 Å². The van der Waals surface area contributed by atoms with Crippen LogP contribution in [-0.2, 0) is 45.5 Å². The molecular formula is C64H74N6O16. The van der Waals surface area contributed by atoms with Crippen LogP contribution >= 0.6 is 0 Å². The number of H-pyrrole nitrogens is 1. The number of phenolic OH excluding ortho intramolecular Hbond substituents is 4. The van der Waals surface area contributed by atoms with Crippen LogP contribution in [-0.4, -0.2) is 151 Å². The number of anilines is 1. The minimum absolute atomic E-state index is 0.0111. The molecule has 6 aliphatic rings. The number of carboxylic acid groups (broad SMARTS) is 1. The number of aromatic hydroxyl groups is 4. The number of carbonyl (C=O) groups is 2. The first-order valence-corrected chi connectivity index (χ1v) is 29.3. The molecule has 3 heterocycles. The van der Waals surface area contributed by atoms with Gasteiger partial charge in [0.25, 0.3) is 5.91 Å². The monoisotopic (exact) mass is 1180 g/mol. The van der Waals surface area contributed by atoms with Crippen molar-refractivity contribution in [2.24, 2.45) is 33.9 Å². The SMILES string of the molecule is CCc1nc[nH]c1Cc1cc(C=CC(=O)N2c3cc(OC4(O)OC(CO)C(O)C(O)C4O)c(O)c(O)c3C3C2(C(=O)O)C=C2CC(C(O)CCCNC(N)=NCc4ccccc4)C=CC23C23c4c(O)cccc4CCC2CCCC3CO)ccc1O. The molecule has 22 heteroatoms. The Bertz CT molecular complexity index is 3510. The van der Waals surface area contributed by atoms with Crippen LogP contribution < -0.4 is 20.7 Å². The number of aliphatic imine (C=N–C) groups is 1. The van der Waals surface area contributed by atoms with Gasteiger partial charge in [0, 0.05) is 76.8 Å². The van der Waals surface area contributed by atoms with Crippen molar-refractivity contribution < 1.29 is 80.3 Å². The Morgan fingerprint density at radius 1 is 0.977 bits per heavy atom. The van der Waals surface area contributed by atoms with Crippen molar-refractivity contribution in [1.82, 2.24) is 15.3 Å². The summed E-state index contributed by atoms with van der Waals surface area (Å²) in [6.45, 7) is 1.21. The van der Waals surface area contributed by atoms with Crippen LogP contribution in [0.15, 0.2) is 114 Å². The van der Waals surface area contributed by atoms with Gasteiger partial charge in [0.15, 0.2) is 29.1 Å². The molecule has 1 amide bonds. The summed E-state index contributed by atoms with van der Waals surface area (Å²) >= 11 is 0. The van der Waals surface area contributed by atoms with Crippen LogP contribution in [0.4, 0.5) is 5.69 Å². The molecule has 4 aliphatic carbocycles. The molecule has 11 rings (SSSR count). The van der Waals surface area contributed by atoms with Gasteiger partial charge in [-0.25, -0.2) is 14.8 Å². The van der Waals surface area contributed by atoms with E-state index in [2.05, 4.69) is 20.3 Å². The Morgan fingerprint density at radius 3 is 2.51 bits per heavy atom. The van der Waals surface area contributed by atoms with Crippen molar-refractivity contribution in [3.05, 3.63) is 154 Å². The van der Waals surface area contributed by atoms with E-state index in [9.17, 15) is 61.3 Å². The van der Waals surface area contributed by atoms with E-state index >= 15 is 9.59 Å². The molecule has 13 atom stereocenters. The average Bonchev–Trinajstić information content (AvgIpc) is 1.43. The zero-order chi connectivity index (χ0) is 61.0. The average molecular weight is 1180 g/mol. The lowest BCUT2D eigenvalue weighted by Crippen LogP contribution is -2.67. The highest BCUT2D eigenvalue weighted by atomic mass is 16.8. The fourth-order valence-corrected chi connectivity index (χ4v) is 15.5. The minimum Gasteiger partial charge on any atom is -0.508 e. The number of aliphatic hydroxyl groups excluding tert-OH is 6. The minimum atomic E-state index is -3.37. The molecule has 5 aromatic rings. The number of carboxylic acids is 1. The maximum absolute atomic E-state index is 15.9. The molecule has 0 bridgehead atoms. The van der Waals surface area contributed by atoms with Crippen LogP contribution in [0.2, 0.25) is 0 Å². The first-order valence-electron chi connectivity index (χ1n) is 29.3. The molecule has 0 radical (unpaired) electrons. The molecule has 456 valence electrons. The van der Waals surface area contributed by atoms with Gasteiger partial charge >= 0.3 is 11.9 Å². The molecule has 86 heavy (non-hydrogen) atoms. The van der Waals surface area contributed by atoms with Gasteiger partial charge in [-0.1, -0.05) is 79.6 Å². The largest absolute Gasteiger partial charge is 0.508 e. The number of hydrogen-bond acceptors (Lipinski definition) is 17. The molecule has 2 aliphatic heterocycles. The summed E-state index contributed by atoms with van der Waals surface area (Å²) < 4.78 is 11.2. The Morgan fingerprint density at radius 2 is 1.77 bits per heavy atom. The second-order valence-corrected chi connectivity index (χ2v) is 23.6. The van der Waals surface area contributed by atoms with E-state index in [-0.39, 0.29) is 53.9 Å². The molecule has 2 fully saturated rings. The number of aliphatic carboxylic acids is 1. The fraction of sp³-hybridized carbons (Fsp3) is 0.438. The summed E-state index contributed by atoms with van der Waals surface area (Å²) in [5, 5.41) is 143.